The molecule has 1 aliphatic heterocycles. The first-order valence-electron chi connectivity index (χ1n) is 7.96. The number of piperidine rings is 1. The monoisotopic (exact) mass is 309 g/mol. The lowest BCUT2D eigenvalue weighted by atomic mass is 9.98. The van der Waals surface area contributed by atoms with Gasteiger partial charge in [-0.2, -0.15) is 0 Å². The minimum atomic E-state index is 0.0212. The lowest BCUT2D eigenvalue weighted by Gasteiger charge is -2.35. The van der Waals surface area contributed by atoms with E-state index in [9.17, 15) is 4.79 Å². The first kappa shape index (κ1) is 14.0. The minimum Gasteiger partial charge on any atom is -0.347 e. The molecular formula is C17H19N5O. The zero-order valence-corrected chi connectivity index (χ0v) is 13.1. The molecule has 1 fully saturated rings. The number of hydrogen-bond donors (Lipinski definition) is 0. The van der Waals surface area contributed by atoms with Crippen molar-refractivity contribution in [3.05, 3.63) is 54.4 Å². The summed E-state index contributed by atoms with van der Waals surface area (Å²) in [7, 11) is 1.90. The van der Waals surface area contributed by atoms with Crippen molar-refractivity contribution in [1.29, 1.82) is 0 Å². The van der Waals surface area contributed by atoms with E-state index in [4.69, 9.17) is 0 Å². The third-order valence-corrected chi connectivity index (χ3v) is 4.55. The van der Waals surface area contributed by atoms with Gasteiger partial charge in [0.15, 0.2) is 0 Å². The summed E-state index contributed by atoms with van der Waals surface area (Å²) >= 11 is 0. The summed E-state index contributed by atoms with van der Waals surface area (Å²) < 4.78 is 3.76. The van der Waals surface area contributed by atoms with Crippen LogP contribution < -0.4 is 0 Å². The highest BCUT2D eigenvalue weighted by atomic mass is 16.2. The Hall–Kier alpha value is -2.63. The van der Waals surface area contributed by atoms with Gasteiger partial charge in [0.1, 0.15) is 5.69 Å². The second-order valence-electron chi connectivity index (χ2n) is 6.00. The van der Waals surface area contributed by atoms with Crippen molar-refractivity contribution < 1.29 is 4.79 Å². The number of amides is 1. The molecule has 23 heavy (non-hydrogen) atoms. The first-order valence-corrected chi connectivity index (χ1v) is 7.96. The van der Waals surface area contributed by atoms with Crippen LogP contribution in [0.25, 0.3) is 5.78 Å². The maximum Gasteiger partial charge on any atom is 0.271 e. The third kappa shape index (κ3) is 2.40. The molecule has 118 valence electrons. The van der Waals surface area contributed by atoms with Crippen LogP contribution in [0.2, 0.25) is 0 Å². The second kappa shape index (κ2) is 5.53. The highest BCUT2D eigenvalue weighted by Gasteiger charge is 2.30. The van der Waals surface area contributed by atoms with Gasteiger partial charge < -0.3 is 9.47 Å². The number of nitrogens with zero attached hydrogens (tertiary/aromatic N) is 5. The molecule has 0 bridgehead atoms. The van der Waals surface area contributed by atoms with Gasteiger partial charge >= 0.3 is 0 Å². The second-order valence-corrected chi connectivity index (χ2v) is 6.00. The van der Waals surface area contributed by atoms with Crippen LogP contribution in [0.1, 0.15) is 41.5 Å². The number of likely N-dealkylation sites (tertiary alicyclic amines) is 1. The molecule has 1 amide bonds. The number of aryl methyl sites for hydroxylation is 1. The number of rotatable bonds is 2. The van der Waals surface area contributed by atoms with Crippen molar-refractivity contribution in [3.8, 4) is 0 Å². The summed E-state index contributed by atoms with van der Waals surface area (Å²) in [5, 5.41) is 0. The number of aromatic nitrogens is 4. The fourth-order valence-corrected chi connectivity index (χ4v) is 3.32. The minimum absolute atomic E-state index is 0.0212. The Bertz CT molecular complexity index is 849. The Morgan fingerprint density at radius 1 is 1.22 bits per heavy atom. The number of carbonyl (C=O) groups excluding carboxylic acids is 1. The molecule has 0 N–H and O–H groups in total. The Morgan fingerprint density at radius 3 is 2.96 bits per heavy atom. The van der Waals surface area contributed by atoms with Crippen LogP contribution in [0, 0.1) is 0 Å². The molecule has 0 aliphatic carbocycles. The Morgan fingerprint density at radius 2 is 2.13 bits per heavy atom. The molecule has 6 nitrogen and oxygen atoms in total. The van der Waals surface area contributed by atoms with E-state index < -0.39 is 0 Å². The fraction of sp³-hybridized carbons (Fsp3) is 0.353. The van der Waals surface area contributed by atoms with Crippen LogP contribution in [0.5, 0.6) is 0 Å². The van der Waals surface area contributed by atoms with Crippen molar-refractivity contribution in [3.63, 3.8) is 0 Å². The van der Waals surface area contributed by atoms with Crippen LogP contribution in [0.3, 0.4) is 0 Å². The molecule has 0 radical (unpaired) electrons. The average Bonchev–Trinajstić information content (AvgIpc) is 3.22. The van der Waals surface area contributed by atoms with Gasteiger partial charge in [0.05, 0.1) is 11.7 Å². The Labute approximate surface area is 134 Å². The molecule has 1 saturated heterocycles. The van der Waals surface area contributed by atoms with Gasteiger partial charge in [0, 0.05) is 38.4 Å². The van der Waals surface area contributed by atoms with E-state index in [1.807, 2.05) is 57.7 Å². The fourth-order valence-electron chi connectivity index (χ4n) is 3.32. The normalized spacial score (nSPS) is 18.5. The Kier molecular flexibility index (Phi) is 3.37. The van der Waals surface area contributed by atoms with E-state index >= 15 is 0 Å². The van der Waals surface area contributed by atoms with Gasteiger partial charge in [-0.25, -0.2) is 9.97 Å². The van der Waals surface area contributed by atoms with Crippen molar-refractivity contribution in [2.45, 2.75) is 25.3 Å². The summed E-state index contributed by atoms with van der Waals surface area (Å²) in [4.78, 5) is 23.8. The van der Waals surface area contributed by atoms with Crippen LogP contribution in [0.4, 0.5) is 0 Å². The lowest BCUT2D eigenvalue weighted by molar-refractivity contribution is 0.0596. The van der Waals surface area contributed by atoms with Crippen LogP contribution in [0.15, 0.2) is 43.0 Å². The van der Waals surface area contributed by atoms with Crippen molar-refractivity contribution in [2.24, 2.45) is 7.05 Å². The smallest absolute Gasteiger partial charge is 0.271 e. The maximum absolute atomic E-state index is 12.9. The van der Waals surface area contributed by atoms with Crippen LogP contribution in [-0.4, -0.2) is 36.3 Å². The number of imidazole rings is 1. The predicted octanol–water partition coefficient (Wildman–Crippen LogP) is 2.44. The highest BCUT2D eigenvalue weighted by molar-refractivity contribution is 5.93. The van der Waals surface area contributed by atoms with Gasteiger partial charge in [-0.3, -0.25) is 9.20 Å². The average molecular weight is 309 g/mol. The highest BCUT2D eigenvalue weighted by Crippen LogP contribution is 2.31. The number of carbonyl (C=O) groups is 1. The first-order chi connectivity index (χ1) is 11.2. The summed E-state index contributed by atoms with van der Waals surface area (Å²) in [6.07, 6.45) is 10.6. The standard InChI is InChI=1S/C17H19N5O/c1-20-9-4-6-15(20)16(23)22-10-3-2-5-14(22)13-7-11-21-12-8-18-17(21)19-13/h4,6-9,11-12,14H,2-3,5,10H2,1H3/t14-/m1/s1. The quantitative estimate of drug-likeness (QED) is 0.730. The lowest BCUT2D eigenvalue weighted by Crippen LogP contribution is -2.39. The van der Waals surface area contributed by atoms with Gasteiger partial charge in [0.2, 0.25) is 5.78 Å². The summed E-state index contributed by atoms with van der Waals surface area (Å²) in [6.45, 7) is 0.774. The van der Waals surface area contributed by atoms with Crippen LogP contribution >= 0.6 is 0 Å². The van der Waals surface area contributed by atoms with E-state index in [0.717, 1.165) is 37.2 Å². The molecule has 0 unspecified atom stereocenters. The van der Waals surface area contributed by atoms with E-state index in [1.165, 1.54) is 0 Å². The molecule has 3 aromatic rings. The molecule has 3 aromatic heterocycles. The van der Waals surface area contributed by atoms with Crippen molar-refractivity contribution in [2.75, 3.05) is 6.54 Å². The zero-order chi connectivity index (χ0) is 15.8. The van der Waals surface area contributed by atoms with E-state index in [2.05, 4.69) is 9.97 Å². The van der Waals surface area contributed by atoms with Gasteiger partial charge in [-0.05, 0) is 37.5 Å². The third-order valence-electron chi connectivity index (χ3n) is 4.55. The van der Waals surface area contributed by atoms with Gasteiger partial charge in [-0.1, -0.05) is 0 Å². The summed E-state index contributed by atoms with van der Waals surface area (Å²) in [6, 6.07) is 5.80. The van der Waals surface area contributed by atoms with Crippen molar-refractivity contribution in [1.82, 2.24) is 23.8 Å². The molecule has 0 saturated carbocycles. The molecular weight excluding hydrogens is 290 g/mol. The predicted molar refractivity (Wildman–Crippen MR) is 86.0 cm³/mol. The van der Waals surface area contributed by atoms with Crippen molar-refractivity contribution >= 4 is 11.7 Å². The largest absolute Gasteiger partial charge is 0.347 e. The maximum atomic E-state index is 12.9. The Balaban J connectivity index is 1.70. The molecule has 6 heteroatoms. The van der Waals surface area contributed by atoms with E-state index in [0.29, 0.717) is 5.78 Å². The number of fused-ring (bicyclic) bond motifs is 1. The zero-order valence-electron chi connectivity index (χ0n) is 13.1. The molecule has 1 aliphatic rings. The molecule has 4 heterocycles. The van der Waals surface area contributed by atoms with E-state index in [1.54, 1.807) is 6.20 Å². The summed E-state index contributed by atoms with van der Waals surface area (Å²) in [5.41, 5.74) is 1.64. The van der Waals surface area contributed by atoms with Gasteiger partial charge in [0.25, 0.3) is 5.91 Å². The SMILES string of the molecule is Cn1cccc1C(=O)N1CCCC[C@@H]1c1ccn2ccnc2n1. The topological polar surface area (TPSA) is 55.4 Å². The molecule has 4 rings (SSSR count). The van der Waals surface area contributed by atoms with Crippen LogP contribution in [-0.2, 0) is 7.05 Å². The number of hydrogen-bond acceptors (Lipinski definition) is 3. The summed E-state index contributed by atoms with van der Waals surface area (Å²) in [5.74, 6) is 0.756. The van der Waals surface area contributed by atoms with Gasteiger partial charge in [-0.15, -0.1) is 0 Å². The molecule has 0 spiro atoms. The molecule has 0 aromatic carbocycles. The molecule has 1 atom stereocenters. The van der Waals surface area contributed by atoms with E-state index in [-0.39, 0.29) is 11.9 Å².